The van der Waals surface area contributed by atoms with E-state index in [1.54, 1.807) is 0 Å². The normalized spacial score (nSPS) is 15.2. The number of piperazine rings is 1. The molecule has 0 bridgehead atoms. The molecular weight excluding hydrogens is 331 g/mol. The van der Waals surface area contributed by atoms with Crippen molar-refractivity contribution in [1.82, 2.24) is 4.90 Å². The molecule has 0 atom stereocenters. The first kappa shape index (κ1) is 17.3. The van der Waals surface area contributed by atoms with Crippen molar-refractivity contribution in [3.63, 3.8) is 0 Å². The van der Waals surface area contributed by atoms with Crippen LogP contribution in [0.4, 0.5) is 24.5 Å². The van der Waals surface area contributed by atoms with Crippen LogP contribution in [-0.4, -0.2) is 43.5 Å². The van der Waals surface area contributed by atoms with Crippen LogP contribution in [0.5, 0.6) is 0 Å². The Morgan fingerprint density at radius 2 is 1.56 bits per heavy atom. The fourth-order valence-corrected chi connectivity index (χ4v) is 2.81. The quantitative estimate of drug-likeness (QED) is 0.863. The van der Waals surface area contributed by atoms with Gasteiger partial charge in [-0.1, -0.05) is 18.2 Å². The van der Waals surface area contributed by atoms with Crippen LogP contribution < -0.4 is 10.2 Å². The van der Waals surface area contributed by atoms with E-state index in [4.69, 9.17) is 0 Å². The van der Waals surface area contributed by atoms with Crippen LogP contribution in [0, 0.1) is 17.5 Å². The number of amides is 1. The second-order valence-electron chi connectivity index (χ2n) is 5.89. The van der Waals surface area contributed by atoms with E-state index in [0.29, 0.717) is 25.2 Å². The second kappa shape index (κ2) is 7.57. The summed E-state index contributed by atoms with van der Waals surface area (Å²) in [6.45, 7) is 2.99. The number of rotatable bonds is 4. The third-order valence-electron chi connectivity index (χ3n) is 4.14. The molecule has 0 spiro atoms. The Bertz CT molecular complexity index is 747. The highest BCUT2D eigenvalue weighted by atomic mass is 19.2. The molecule has 0 aromatic heterocycles. The van der Waals surface area contributed by atoms with Gasteiger partial charge in [0.05, 0.1) is 12.2 Å². The molecular formula is C18H18F3N3O. The minimum Gasteiger partial charge on any atom is -0.369 e. The average molecular weight is 349 g/mol. The summed E-state index contributed by atoms with van der Waals surface area (Å²) in [6.07, 6.45) is 0. The van der Waals surface area contributed by atoms with E-state index in [-0.39, 0.29) is 12.2 Å². The Morgan fingerprint density at radius 3 is 2.24 bits per heavy atom. The van der Waals surface area contributed by atoms with Crippen LogP contribution >= 0.6 is 0 Å². The molecule has 3 rings (SSSR count). The van der Waals surface area contributed by atoms with Crippen LogP contribution in [0.2, 0.25) is 0 Å². The summed E-state index contributed by atoms with van der Waals surface area (Å²) >= 11 is 0. The highest BCUT2D eigenvalue weighted by Crippen LogP contribution is 2.19. The second-order valence-corrected chi connectivity index (χ2v) is 5.89. The summed E-state index contributed by atoms with van der Waals surface area (Å²) in [5.74, 6) is -3.94. The Hall–Kier alpha value is -2.54. The maximum absolute atomic E-state index is 13.6. The molecule has 132 valence electrons. The van der Waals surface area contributed by atoms with Crippen molar-refractivity contribution in [2.24, 2.45) is 0 Å². The summed E-state index contributed by atoms with van der Waals surface area (Å²) in [5, 5.41) is 2.29. The van der Waals surface area contributed by atoms with Gasteiger partial charge < -0.3 is 10.2 Å². The lowest BCUT2D eigenvalue weighted by Crippen LogP contribution is -2.48. The molecule has 1 saturated heterocycles. The first-order chi connectivity index (χ1) is 12.0. The van der Waals surface area contributed by atoms with Crippen molar-refractivity contribution < 1.29 is 18.0 Å². The third kappa shape index (κ3) is 4.30. The Kier molecular flexibility index (Phi) is 5.23. The topological polar surface area (TPSA) is 35.6 Å². The Morgan fingerprint density at radius 1 is 0.920 bits per heavy atom. The predicted octanol–water partition coefficient (Wildman–Crippen LogP) is 2.86. The van der Waals surface area contributed by atoms with Crippen LogP contribution in [0.3, 0.4) is 0 Å². The summed E-state index contributed by atoms with van der Waals surface area (Å²) in [6, 6.07) is 11.1. The molecule has 2 aromatic rings. The van der Waals surface area contributed by atoms with E-state index in [0.717, 1.165) is 18.8 Å². The molecule has 1 aliphatic rings. The zero-order valence-corrected chi connectivity index (χ0v) is 13.5. The van der Waals surface area contributed by atoms with Crippen molar-refractivity contribution in [3.05, 3.63) is 59.9 Å². The zero-order valence-electron chi connectivity index (χ0n) is 13.5. The van der Waals surface area contributed by atoms with Gasteiger partial charge in [-0.3, -0.25) is 9.69 Å². The average Bonchev–Trinajstić information content (AvgIpc) is 2.61. The molecule has 4 nitrogen and oxygen atoms in total. The SMILES string of the molecule is O=C(CN1CCN(c2ccccc2)CC1)Nc1cc(F)c(F)cc1F. The van der Waals surface area contributed by atoms with Crippen molar-refractivity contribution in [2.75, 3.05) is 42.9 Å². The van der Waals surface area contributed by atoms with E-state index < -0.39 is 23.4 Å². The molecule has 1 amide bonds. The predicted molar refractivity (Wildman–Crippen MR) is 90.0 cm³/mol. The summed E-state index contributed by atoms with van der Waals surface area (Å²) in [5.41, 5.74) is 0.780. The van der Waals surface area contributed by atoms with Crippen molar-refractivity contribution in [2.45, 2.75) is 0 Å². The first-order valence-electron chi connectivity index (χ1n) is 7.99. The zero-order chi connectivity index (χ0) is 17.8. The number of carbonyl (C=O) groups excluding carboxylic acids is 1. The largest absolute Gasteiger partial charge is 0.369 e. The van der Waals surface area contributed by atoms with Gasteiger partial charge >= 0.3 is 0 Å². The molecule has 1 aliphatic heterocycles. The number of hydrogen-bond acceptors (Lipinski definition) is 3. The van der Waals surface area contributed by atoms with Crippen molar-refractivity contribution in [3.8, 4) is 0 Å². The van der Waals surface area contributed by atoms with Crippen molar-refractivity contribution >= 4 is 17.3 Å². The van der Waals surface area contributed by atoms with E-state index in [9.17, 15) is 18.0 Å². The summed E-state index contributed by atoms with van der Waals surface area (Å²) in [4.78, 5) is 16.2. The molecule has 1 N–H and O–H groups in total. The van der Waals surface area contributed by atoms with Gasteiger partial charge in [0.2, 0.25) is 5.91 Å². The number of hydrogen-bond donors (Lipinski definition) is 1. The molecule has 1 fully saturated rings. The number of carbonyl (C=O) groups is 1. The van der Waals surface area contributed by atoms with Gasteiger partial charge in [0.25, 0.3) is 0 Å². The Balaban J connectivity index is 1.52. The molecule has 0 radical (unpaired) electrons. The van der Waals surface area contributed by atoms with Gasteiger partial charge in [-0.25, -0.2) is 13.2 Å². The lowest BCUT2D eigenvalue weighted by Gasteiger charge is -2.35. The van der Waals surface area contributed by atoms with E-state index in [1.165, 1.54) is 0 Å². The highest BCUT2D eigenvalue weighted by Gasteiger charge is 2.20. The van der Waals surface area contributed by atoms with Gasteiger partial charge in [0.1, 0.15) is 5.82 Å². The van der Waals surface area contributed by atoms with Gasteiger partial charge in [-0.2, -0.15) is 0 Å². The summed E-state index contributed by atoms with van der Waals surface area (Å²) in [7, 11) is 0. The van der Waals surface area contributed by atoms with Gasteiger partial charge in [0.15, 0.2) is 11.6 Å². The van der Waals surface area contributed by atoms with E-state index in [2.05, 4.69) is 10.2 Å². The number of para-hydroxylation sites is 1. The van der Waals surface area contributed by atoms with Crippen molar-refractivity contribution in [1.29, 1.82) is 0 Å². The van der Waals surface area contributed by atoms with E-state index >= 15 is 0 Å². The highest BCUT2D eigenvalue weighted by molar-refractivity contribution is 5.92. The standard InChI is InChI=1S/C18H18F3N3O/c19-14-10-16(21)17(11-15(14)20)22-18(25)12-23-6-8-24(9-7-23)13-4-2-1-3-5-13/h1-5,10-11H,6-9,12H2,(H,22,25). The monoisotopic (exact) mass is 349 g/mol. The first-order valence-corrected chi connectivity index (χ1v) is 7.99. The Labute approximate surface area is 143 Å². The van der Waals surface area contributed by atoms with Crippen LogP contribution in [0.15, 0.2) is 42.5 Å². The molecule has 7 heteroatoms. The third-order valence-corrected chi connectivity index (χ3v) is 4.14. The molecule has 25 heavy (non-hydrogen) atoms. The fourth-order valence-electron chi connectivity index (χ4n) is 2.81. The maximum atomic E-state index is 13.6. The molecule has 0 saturated carbocycles. The van der Waals surface area contributed by atoms with Crippen LogP contribution in [-0.2, 0) is 4.79 Å². The molecule has 1 heterocycles. The lowest BCUT2D eigenvalue weighted by molar-refractivity contribution is -0.117. The minimum absolute atomic E-state index is 0.0705. The molecule has 0 unspecified atom stereocenters. The maximum Gasteiger partial charge on any atom is 0.238 e. The minimum atomic E-state index is -1.28. The smallest absolute Gasteiger partial charge is 0.238 e. The van der Waals surface area contributed by atoms with Crippen LogP contribution in [0.25, 0.3) is 0 Å². The molecule has 0 aliphatic carbocycles. The number of nitrogens with zero attached hydrogens (tertiary/aromatic N) is 2. The molecule has 2 aromatic carbocycles. The van der Waals surface area contributed by atoms with Crippen LogP contribution in [0.1, 0.15) is 0 Å². The van der Waals surface area contributed by atoms with E-state index in [1.807, 2.05) is 35.2 Å². The number of nitrogens with one attached hydrogen (secondary N) is 1. The lowest BCUT2D eigenvalue weighted by atomic mass is 10.2. The number of halogens is 3. The fraction of sp³-hybridized carbons (Fsp3) is 0.278. The number of benzene rings is 2. The van der Waals surface area contributed by atoms with Gasteiger partial charge in [-0.05, 0) is 12.1 Å². The summed E-state index contributed by atoms with van der Waals surface area (Å²) < 4.78 is 39.6. The van der Waals surface area contributed by atoms with Gasteiger partial charge in [0, 0.05) is 44.0 Å². The number of anilines is 2. The van der Waals surface area contributed by atoms with Gasteiger partial charge in [-0.15, -0.1) is 0 Å².